The Bertz CT molecular complexity index is 479. The van der Waals surface area contributed by atoms with Crippen molar-refractivity contribution in [2.75, 3.05) is 6.54 Å². The van der Waals surface area contributed by atoms with Crippen LogP contribution in [0.5, 0.6) is 0 Å². The van der Waals surface area contributed by atoms with Gasteiger partial charge in [-0.05, 0) is 31.4 Å². The van der Waals surface area contributed by atoms with Gasteiger partial charge in [-0.25, -0.2) is 8.78 Å². The second-order valence-electron chi connectivity index (χ2n) is 4.91. The van der Waals surface area contributed by atoms with Crippen molar-refractivity contribution < 1.29 is 13.6 Å². The molecule has 1 aliphatic heterocycles. The number of amides is 1. The maximum atomic E-state index is 13.7. The lowest BCUT2D eigenvalue weighted by Crippen LogP contribution is -2.37. The maximum absolute atomic E-state index is 13.7. The molecular formula is C14H16BrF2NO. The molecule has 2 nitrogen and oxygen atoms in total. The van der Waals surface area contributed by atoms with Gasteiger partial charge in [0.2, 0.25) is 0 Å². The Labute approximate surface area is 119 Å². The molecular weight excluding hydrogens is 316 g/mol. The summed E-state index contributed by atoms with van der Waals surface area (Å²) < 4.78 is 26.8. The molecule has 2 atom stereocenters. The third-order valence-electron chi connectivity index (χ3n) is 3.42. The lowest BCUT2D eigenvalue weighted by molar-refractivity contribution is 0.0725. The summed E-state index contributed by atoms with van der Waals surface area (Å²) in [5.41, 5.74) is -0.172. The van der Waals surface area contributed by atoms with Crippen LogP contribution in [0.1, 0.15) is 36.5 Å². The molecule has 1 aromatic rings. The van der Waals surface area contributed by atoms with Crippen molar-refractivity contribution in [1.82, 2.24) is 4.90 Å². The largest absolute Gasteiger partial charge is 0.336 e. The molecule has 1 aromatic carbocycles. The Morgan fingerprint density at radius 1 is 1.53 bits per heavy atom. The van der Waals surface area contributed by atoms with Gasteiger partial charge in [-0.2, -0.15) is 0 Å². The first-order valence-corrected chi connectivity index (χ1v) is 7.31. The summed E-state index contributed by atoms with van der Waals surface area (Å²) >= 11 is 3.47. The Morgan fingerprint density at radius 2 is 2.26 bits per heavy atom. The van der Waals surface area contributed by atoms with Crippen molar-refractivity contribution in [3.8, 4) is 0 Å². The average Bonchev–Trinajstić information content (AvgIpc) is 2.79. The zero-order valence-corrected chi connectivity index (χ0v) is 12.3. The molecule has 0 aromatic heterocycles. The lowest BCUT2D eigenvalue weighted by Gasteiger charge is -2.26. The summed E-state index contributed by atoms with van der Waals surface area (Å²) in [6.45, 7) is 2.63. The summed E-state index contributed by atoms with van der Waals surface area (Å²) in [5, 5.41) is 0. The molecule has 104 valence electrons. The number of hydrogen-bond donors (Lipinski definition) is 0. The van der Waals surface area contributed by atoms with Gasteiger partial charge in [0.15, 0.2) is 11.6 Å². The molecule has 1 amide bonds. The fourth-order valence-electron chi connectivity index (χ4n) is 2.55. The number of hydrogen-bond acceptors (Lipinski definition) is 1. The van der Waals surface area contributed by atoms with Crippen LogP contribution >= 0.6 is 15.9 Å². The van der Waals surface area contributed by atoms with Crippen molar-refractivity contribution in [3.63, 3.8) is 0 Å². The molecule has 1 fully saturated rings. The minimum absolute atomic E-state index is 0.101. The number of likely N-dealkylation sites (tertiary alicyclic amines) is 1. The minimum Gasteiger partial charge on any atom is -0.336 e. The highest BCUT2D eigenvalue weighted by atomic mass is 79.9. The van der Waals surface area contributed by atoms with Gasteiger partial charge in [0, 0.05) is 17.4 Å². The second-order valence-corrected chi connectivity index (χ2v) is 6.48. The molecule has 1 aliphatic rings. The van der Waals surface area contributed by atoms with Gasteiger partial charge in [0.25, 0.3) is 5.91 Å². The molecule has 0 spiro atoms. The standard InChI is InChI=1S/C14H16BrF2NO/c1-9(15)8-10-4-3-7-18(10)14(19)11-5-2-6-12(16)13(11)17/h2,5-6,9-10H,3-4,7-8H2,1H3. The molecule has 0 bridgehead atoms. The predicted molar refractivity (Wildman–Crippen MR) is 73.4 cm³/mol. The van der Waals surface area contributed by atoms with E-state index in [4.69, 9.17) is 0 Å². The van der Waals surface area contributed by atoms with Crippen molar-refractivity contribution >= 4 is 21.8 Å². The lowest BCUT2D eigenvalue weighted by atomic mass is 10.1. The van der Waals surface area contributed by atoms with Crippen LogP contribution in [0, 0.1) is 11.6 Å². The summed E-state index contributed by atoms with van der Waals surface area (Å²) in [6, 6.07) is 3.83. The van der Waals surface area contributed by atoms with E-state index in [1.54, 1.807) is 4.90 Å². The van der Waals surface area contributed by atoms with E-state index in [1.165, 1.54) is 12.1 Å². The quantitative estimate of drug-likeness (QED) is 0.772. The van der Waals surface area contributed by atoms with E-state index < -0.39 is 17.5 Å². The van der Waals surface area contributed by atoms with E-state index >= 15 is 0 Å². The molecule has 19 heavy (non-hydrogen) atoms. The third-order valence-corrected chi connectivity index (χ3v) is 3.79. The van der Waals surface area contributed by atoms with Crippen LogP contribution in [-0.2, 0) is 0 Å². The number of rotatable bonds is 3. The highest BCUT2D eigenvalue weighted by Crippen LogP contribution is 2.26. The first-order chi connectivity index (χ1) is 9.00. The van der Waals surface area contributed by atoms with E-state index in [2.05, 4.69) is 15.9 Å². The number of carbonyl (C=O) groups excluding carboxylic acids is 1. The minimum atomic E-state index is -1.05. The Kier molecular flexibility index (Phi) is 4.55. The summed E-state index contributed by atoms with van der Waals surface area (Å²) in [7, 11) is 0. The zero-order chi connectivity index (χ0) is 14.0. The summed E-state index contributed by atoms with van der Waals surface area (Å²) in [5.74, 6) is -2.44. The van der Waals surface area contributed by atoms with E-state index in [1.807, 2.05) is 6.92 Å². The van der Waals surface area contributed by atoms with Crippen LogP contribution in [0.4, 0.5) is 8.78 Å². The number of alkyl halides is 1. The van der Waals surface area contributed by atoms with E-state index in [0.29, 0.717) is 11.4 Å². The fourth-order valence-corrected chi connectivity index (χ4v) is 2.98. The van der Waals surface area contributed by atoms with Crippen LogP contribution in [0.15, 0.2) is 18.2 Å². The molecule has 1 saturated heterocycles. The highest BCUT2D eigenvalue weighted by Gasteiger charge is 2.31. The molecule has 0 aliphatic carbocycles. The molecule has 2 unspecified atom stereocenters. The molecule has 0 N–H and O–H groups in total. The Balaban J connectivity index is 2.21. The molecule has 0 saturated carbocycles. The van der Waals surface area contributed by atoms with Gasteiger partial charge in [0.05, 0.1) is 5.56 Å². The first-order valence-electron chi connectivity index (χ1n) is 6.39. The highest BCUT2D eigenvalue weighted by molar-refractivity contribution is 9.09. The summed E-state index contributed by atoms with van der Waals surface area (Å²) in [4.78, 5) is 14.3. The third kappa shape index (κ3) is 3.14. The van der Waals surface area contributed by atoms with Gasteiger partial charge in [-0.3, -0.25) is 4.79 Å². The SMILES string of the molecule is CC(Br)CC1CCCN1C(=O)c1cccc(F)c1F. The smallest absolute Gasteiger partial charge is 0.257 e. The van der Waals surface area contributed by atoms with Crippen molar-refractivity contribution in [2.24, 2.45) is 0 Å². The summed E-state index contributed by atoms with van der Waals surface area (Å²) in [6.07, 6.45) is 2.65. The maximum Gasteiger partial charge on any atom is 0.257 e. The van der Waals surface area contributed by atoms with Crippen LogP contribution in [0.3, 0.4) is 0 Å². The van der Waals surface area contributed by atoms with Crippen LogP contribution in [-0.4, -0.2) is 28.2 Å². The van der Waals surface area contributed by atoms with Gasteiger partial charge < -0.3 is 4.90 Å². The van der Waals surface area contributed by atoms with E-state index in [9.17, 15) is 13.6 Å². The van der Waals surface area contributed by atoms with Gasteiger partial charge in [-0.15, -0.1) is 0 Å². The number of halogens is 3. The number of nitrogens with zero attached hydrogens (tertiary/aromatic N) is 1. The van der Waals surface area contributed by atoms with Crippen LogP contribution < -0.4 is 0 Å². The van der Waals surface area contributed by atoms with Crippen LogP contribution in [0.2, 0.25) is 0 Å². The average molecular weight is 332 g/mol. The van der Waals surface area contributed by atoms with E-state index in [-0.39, 0.29) is 11.6 Å². The zero-order valence-electron chi connectivity index (χ0n) is 10.7. The monoisotopic (exact) mass is 331 g/mol. The van der Waals surface area contributed by atoms with Crippen molar-refractivity contribution in [2.45, 2.75) is 37.1 Å². The van der Waals surface area contributed by atoms with Crippen LogP contribution in [0.25, 0.3) is 0 Å². The number of benzene rings is 1. The predicted octanol–water partition coefficient (Wildman–Crippen LogP) is 3.74. The van der Waals surface area contributed by atoms with Gasteiger partial charge in [-0.1, -0.05) is 28.9 Å². The van der Waals surface area contributed by atoms with Gasteiger partial charge >= 0.3 is 0 Å². The van der Waals surface area contributed by atoms with Crippen molar-refractivity contribution in [1.29, 1.82) is 0 Å². The fraction of sp³-hybridized carbons (Fsp3) is 0.500. The molecule has 2 rings (SSSR count). The van der Waals surface area contributed by atoms with Gasteiger partial charge in [0.1, 0.15) is 0 Å². The Morgan fingerprint density at radius 3 is 2.95 bits per heavy atom. The molecule has 1 heterocycles. The Hall–Kier alpha value is -0.970. The first kappa shape index (κ1) is 14.4. The normalized spacial score (nSPS) is 20.6. The second kappa shape index (κ2) is 5.99. The molecule has 0 radical (unpaired) electrons. The van der Waals surface area contributed by atoms with Crippen molar-refractivity contribution in [3.05, 3.63) is 35.4 Å². The van der Waals surface area contributed by atoms with E-state index in [0.717, 1.165) is 25.3 Å². The number of carbonyl (C=O) groups is 1. The molecule has 5 heteroatoms. The topological polar surface area (TPSA) is 20.3 Å².